The lowest BCUT2D eigenvalue weighted by atomic mass is 10.1. The molecule has 2 heteroatoms. The second-order valence-corrected chi connectivity index (χ2v) is 14.7. The summed E-state index contributed by atoms with van der Waals surface area (Å²) in [7, 11) is 0.738. The summed E-state index contributed by atoms with van der Waals surface area (Å²) in [6.07, 6.45) is 44.3. The highest BCUT2D eigenvalue weighted by Crippen LogP contribution is 2.17. The van der Waals surface area contributed by atoms with Gasteiger partial charge in [-0.05, 0) is 49.4 Å². The lowest BCUT2D eigenvalue weighted by molar-refractivity contribution is 0.560. The summed E-state index contributed by atoms with van der Waals surface area (Å²) < 4.78 is 0. The number of hydrogen-bond donors (Lipinski definition) is 0. The monoisotopic (exact) mass is 566 g/mol. The Hall–Kier alpha value is -0.160. The molecule has 39 heavy (non-hydrogen) atoms. The summed E-state index contributed by atoms with van der Waals surface area (Å²) in [6, 6.07) is 0. The topological polar surface area (TPSA) is 23.8 Å². The molecule has 0 aliphatic carbocycles. The van der Waals surface area contributed by atoms with Gasteiger partial charge in [-0.25, -0.2) is 0 Å². The van der Waals surface area contributed by atoms with Crippen molar-refractivity contribution >= 4 is 10.9 Å². The Bertz CT molecular complexity index is 364. The van der Waals surface area contributed by atoms with Crippen molar-refractivity contribution in [3.63, 3.8) is 0 Å². The van der Waals surface area contributed by atoms with E-state index in [1.165, 1.54) is 193 Å². The molecular weight excluding hydrogens is 490 g/mol. The third kappa shape index (κ3) is 37.8. The molecular formula is C37H75NS. The Kier molecular flexibility index (Phi) is 42.0. The zero-order chi connectivity index (χ0) is 28.9. The van der Waals surface area contributed by atoms with Gasteiger partial charge in [-0.15, -0.1) is 0 Å². The minimum atomic E-state index is 0.738. The van der Waals surface area contributed by atoms with Crippen LogP contribution in [0.2, 0.25) is 0 Å². The lowest BCUT2D eigenvalue weighted by Gasteiger charge is -2.10. The van der Waals surface area contributed by atoms with E-state index in [0.717, 1.165) is 10.9 Å². The van der Waals surface area contributed by atoms with E-state index >= 15 is 0 Å². The second-order valence-electron chi connectivity index (χ2n) is 12.3. The number of nitrogens with zero attached hydrogens (tertiary/aromatic N) is 1. The van der Waals surface area contributed by atoms with Gasteiger partial charge < -0.3 is 11.8 Å². The molecule has 0 aromatic carbocycles. The highest BCUT2D eigenvalue weighted by atomic mass is 32.2. The highest BCUT2D eigenvalue weighted by molar-refractivity contribution is 7.96. The molecule has 0 aliphatic heterocycles. The SMILES string of the molecule is CCCCCCCCCCCC[S+](CCCCCCCCCCCC)CCCCCCCCCCCC.[C-]#N. The molecule has 1 nitrogen and oxygen atoms in total. The van der Waals surface area contributed by atoms with Gasteiger partial charge in [0.25, 0.3) is 0 Å². The minimum absolute atomic E-state index is 0.738. The van der Waals surface area contributed by atoms with Crippen molar-refractivity contribution in [3.05, 3.63) is 6.57 Å². The summed E-state index contributed by atoms with van der Waals surface area (Å²) in [4.78, 5) is 0. The molecule has 0 fully saturated rings. The zero-order valence-electron chi connectivity index (χ0n) is 27.7. The number of rotatable bonds is 33. The number of unbranched alkanes of at least 4 members (excludes halogenated alkanes) is 27. The molecule has 0 aromatic rings. The average molecular weight is 566 g/mol. The van der Waals surface area contributed by atoms with Crippen molar-refractivity contribution in [2.24, 2.45) is 0 Å². The van der Waals surface area contributed by atoms with Gasteiger partial charge in [-0.3, -0.25) is 0 Å². The molecule has 0 unspecified atom stereocenters. The van der Waals surface area contributed by atoms with Gasteiger partial charge in [0.15, 0.2) is 0 Å². The Morgan fingerprint density at radius 2 is 0.436 bits per heavy atom. The molecule has 0 bridgehead atoms. The van der Waals surface area contributed by atoms with Crippen LogP contribution < -0.4 is 0 Å². The fourth-order valence-electron chi connectivity index (χ4n) is 5.69. The van der Waals surface area contributed by atoms with Crippen LogP contribution in [-0.2, 0) is 10.9 Å². The van der Waals surface area contributed by atoms with Crippen molar-refractivity contribution in [1.29, 1.82) is 5.26 Å². The van der Waals surface area contributed by atoms with Crippen molar-refractivity contribution in [1.82, 2.24) is 0 Å². The fraction of sp³-hybridized carbons (Fsp3) is 0.973. The van der Waals surface area contributed by atoms with Crippen molar-refractivity contribution < 1.29 is 0 Å². The van der Waals surface area contributed by atoms with Gasteiger partial charge in [0.1, 0.15) is 17.3 Å². The Morgan fingerprint density at radius 3 is 0.615 bits per heavy atom. The third-order valence-electron chi connectivity index (χ3n) is 8.36. The molecule has 0 aliphatic rings. The predicted octanol–water partition coefficient (Wildman–Crippen LogP) is 13.5. The van der Waals surface area contributed by atoms with Crippen LogP contribution in [0.1, 0.15) is 213 Å². The molecule has 0 radical (unpaired) electrons. The first-order valence-corrected chi connectivity index (χ1v) is 19.9. The van der Waals surface area contributed by atoms with E-state index in [4.69, 9.17) is 11.8 Å². The first-order valence-electron chi connectivity index (χ1n) is 18.2. The van der Waals surface area contributed by atoms with Gasteiger partial charge in [-0.1, -0.05) is 175 Å². The van der Waals surface area contributed by atoms with Gasteiger partial charge in [0.2, 0.25) is 0 Å². The highest BCUT2D eigenvalue weighted by Gasteiger charge is 2.16. The van der Waals surface area contributed by atoms with E-state index in [-0.39, 0.29) is 0 Å². The number of hydrogen-bond acceptors (Lipinski definition) is 1. The van der Waals surface area contributed by atoms with E-state index in [1.54, 1.807) is 17.3 Å². The predicted molar refractivity (Wildman–Crippen MR) is 182 cm³/mol. The first-order chi connectivity index (χ1) is 19.3. The maximum atomic E-state index is 6.25. The normalized spacial score (nSPS) is 11.1. The van der Waals surface area contributed by atoms with Crippen LogP contribution in [0.4, 0.5) is 0 Å². The second kappa shape index (κ2) is 40.0. The molecule has 0 saturated carbocycles. The fourth-order valence-corrected chi connectivity index (χ4v) is 8.14. The quantitative estimate of drug-likeness (QED) is 0.0441. The van der Waals surface area contributed by atoms with Crippen molar-refractivity contribution in [2.45, 2.75) is 213 Å². The first kappa shape index (κ1) is 41.0. The smallest absolute Gasteiger partial charge is 0.108 e. The van der Waals surface area contributed by atoms with Crippen LogP contribution in [0.15, 0.2) is 0 Å². The maximum absolute atomic E-state index is 6.25. The van der Waals surface area contributed by atoms with Crippen molar-refractivity contribution in [3.8, 4) is 0 Å². The van der Waals surface area contributed by atoms with E-state index in [9.17, 15) is 0 Å². The molecule has 0 rings (SSSR count). The molecule has 234 valence electrons. The van der Waals surface area contributed by atoms with E-state index in [2.05, 4.69) is 20.8 Å². The summed E-state index contributed by atoms with van der Waals surface area (Å²) in [5.41, 5.74) is 0. The van der Waals surface area contributed by atoms with Crippen LogP contribution in [0.25, 0.3) is 0 Å². The van der Waals surface area contributed by atoms with Crippen molar-refractivity contribution in [2.75, 3.05) is 17.3 Å². The largest absolute Gasteiger partial charge is 0.512 e. The van der Waals surface area contributed by atoms with Crippen LogP contribution in [-0.4, -0.2) is 17.3 Å². The van der Waals surface area contributed by atoms with Gasteiger partial charge in [-0.2, -0.15) is 0 Å². The maximum Gasteiger partial charge on any atom is 0.108 e. The Morgan fingerprint density at radius 1 is 0.282 bits per heavy atom. The van der Waals surface area contributed by atoms with Crippen LogP contribution in [0, 0.1) is 11.8 Å². The molecule has 0 spiro atoms. The summed E-state index contributed by atoms with van der Waals surface area (Å²) in [5, 5.41) is 6.25. The average Bonchev–Trinajstić information content (AvgIpc) is 2.96. The van der Waals surface area contributed by atoms with Gasteiger partial charge in [0.05, 0.1) is 0 Å². The van der Waals surface area contributed by atoms with Crippen LogP contribution >= 0.6 is 0 Å². The lowest BCUT2D eigenvalue weighted by Crippen LogP contribution is -2.17. The van der Waals surface area contributed by atoms with E-state index in [1.807, 2.05) is 0 Å². The molecule has 0 saturated heterocycles. The third-order valence-corrected chi connectivity index (χ3v) is 11.0. The molecule has 0 aromatic heterocycles. The standard InChI is InChI=1S/C36H75S.CN/c1-4-7-10-13-16-19-22-25-28-31-34-37(35-32-29-26-23-20-17-14-11-8-5-2)36-33-30-27-24-21-18-15-12-9-6-3;1-2/h4-36H2,1-3H3;/q+1;-1. The van der Waals surface area contributed by atoms with Crippen LogP contribution in [0.3, 0.4) is 0 Å². The Balaban J connectivity index is 0. The van der Waals surface area contributed by atoms with Gasteiger partial charge in [0, 0.05) is 0 Å². The van der Waals surface area contributed by atoms with E-state index < -0.39 is 0 Å². The van der Waals surface area contributed by atoms with Crippen LogP contribution in [0.5, 0.6) is 0 Å². The minimum Gasteiger partial charge on any atom is -0.512 e. The van der Waals surface area contributed by atoms with E-state index in [0.29, 0.717) is 0 Å². The van der Waals surface area contributed by atoms with Gasteiger partial charge >= 0.3 is 0 Å². The molecule has 0 N–H and O–H groups in total. The zero-order valence-corrected chi connectivity index (χ0v) is 28.5. The molecule has 0 heterocycles. The Labute approximate surface area is 252 Å². The summed E-state index contributed by atoms with van der Waals surface area (Å²) in [6.45, 7) is 11.7. The molecule has 0 atom stereocenters. The summed E-state index contributed by atoms with van der Waals surface area (Å²) in [5.74, 6) is 4.68. The summed E-state index contributed by atoms with van der Waals surface area (Å²) >= 11 is 0. The molecule has 0 amide bonds.